The van der Waals surface area contributed by atoms with Gasteiger partial charge in [0.05, 0.1) is 5.69 Å². The van der Waals surface area contributed by atoms with E-state index in [1.807, 2.05) is 14.0 Å². The van der Waals surface area contributed by atoms with Gasteiger partial charge in [0.2, 0.25) is 0 Å². The van der Waals surface area contributed by atoms with E-state index in [9.17, 15) is 0 Å². The smallest absolute Gasteiger partial charge is 0.105 e. The number of fused-ring (bicyclic) bond motifs is 1. The highest BCUT2D eigenvalue weighted by atomic mass is 15.0. The maximum absolute atomic E-state index is 4.57. The Kier molecular flexibility index (Phi) is 2.39. The van der Waals surface area contributed by atoms with Gasteiger partial charge in [-0.25, -0.2) is 4.98 Å². The van der Waals surface area contributed by atoms with E-state index in [1.54, 1.807) is 0 Å². The van der Waals surface area contributed by atoms with Crippen LogP contribution in [0.15, 0.2) is 24.4 Å². The molecule has 88 valence electrons. The van der Waals surface area contributed by atoms with Crippen LogP contribution in [0.2, 0.25) is 0 Å². The van der Waals surface area contributed by atoms with Crippen molar-refractivity contribution in [2.45, 2.75) is 19.8 Å². The maximum atomic E-state index is 4.57. The maximum Gasteiger partial charge on any atom is 0.105 e. The molecule has 1 aromatic heterocycles. The molecule has 0 aliphatic carbocycles. The van der Waals surface area contributed by atoms with Crippen LogP contribution in [0.3, 0.4) is 0 Å². The molecule has 0 saturated heterocycles. The molecule has 1 aliphatic rings. The lowest BCUT2D eigenvalue weighted by Crippen LogP contribution is -2.11. The summed E-state index contributed by atoms with van der Waals surface area (Å²) in [6, 6.07) is 6.59. The molecule has 0 bridgehead atoms. The fourth-order valence-electron chi connectivity index (χ4n) is 2.33. The van der Waals surface area contributed by atoms with Gasteiger partial charge in [0.1, 0.15) is 5.82 Å². The molecule has 0 saturated carbocycles. The molecule has 0 radical (unpaired) electrons. The number of hydrogen-bond donors (Lipinski definition) is 1. The van der Waals surface area contributed by atoms with Crippen molar-refractivity contribution in [2.24, 2.45) is 7.05 Å². The van der Waals surface area contributed by atoms with E-state index < -0.39 is 0 Å². The van der Waals surface area contributed by atoms with Crippen LogP contribution in [-0.4, -0.2) is 16.1 Å². The lowest BCUT2D eigenvalue weighted by molar-refractivity contribution is 0.830. The summed E-state index contributed by atoms with van der Waals surface area (Å²) in [5, 5.41) is 3.43. The number of aryl methyl sites for hydroxylation is 3. The minimum atomic E-state index is 1.05. The van der Waals surface area contributed by atoms with Gasteiger partial charge < -0.3 is 9.88 Å². The summed E-state index contributed by atoms with van der Waals surface area (Å²) in [5.74, 6) is 1.05. The van der Waals surface area contributed by atoms with Gasteiger partial charge in [-0.15, -0.1) is 0 Å². The molecule has 0 fully saturated rings. The van der Waals surface area contributed by atoms with Crippen LogP contribution in [0.5, 0.6) is 0 Å². The molecule has 3 nitrogen and oxygen atoms in total. The topological polar surface area (TPSA) is 29.9 Å². The van der Waals surface area contributed by atoms with E-state index in [1.165, 1.54) is 29.7 Å². The van der Waals surface area contributed by atoms with Crippen molar-refractivity contribution in [1.82, 2.24) is 9.55 Å². The van der Waals surface area contributed by atoms with Crippen molar-refractivity contribution in [3.63, 3.8) is 0 Å². The van der Waals surface area contributed by atoms with Crippen molar-refractivity contribution in [3.8, 4) is 11.3 Å². The molecule has 2 aromatic rings. The number of imidazole rings is 1. The summed E-state index contributed by atoms with van der Waals surface area (Å²) in [6.07, 6.45) is 4.48. The first-order valence-corrected chi connectivity index (χ1v) is 6.11. The molecule has 17 heavy (non-hydrogen) atoms. The summed E-state index contributed by atoms with van der Waals surface area (Å²) in [5.41, 5.74) is 4.99. The van der Waals surface area contributed by atoms with Gasteiger partial charge in [0.15, 0.2) is 0 Å². The molecule has 1 aliphatic heterocycles. The SMILES string of the molecule is Cc1nc(-c2ccc3c(c2)CCCN3)cn1C. The van der Waals surface area contributed by atoms with Gasteiger partial charge in [0.25, 0.3) is 0 Å². The third kappa shape index (κ3) is 1.82. The molecular formula is C14H17N3. The van der Waals surface area contributed by atoms with Gasteiger partial charge in [-0.2, -0.15) is 0 Å². The highest BCUT2D eigenvalue weighted by Crippen LogP contribution is 2.27. The minimum Gasteiger partial charge on any atom is -0.385 e. The molecule has 2 heterocycles. The second-order valence-electron chi connectivity index (χ2n) is 4.69. The Morgan fingerprint density at radius 2 is 2.24 bits per heavy atom. The Morgan fingerprint density at radius 3 is 3.00 bits per heavy atom. The average Bonchev–Trinajstić information content (AvgIpc) is 2.69. The lowest BCUT2D eigenvalue weighted by Gasteiger charge is -2.18. The monoisotopic (exact) mass is 227 g/mol. The largest absolute Gasteiger partial charge is 0.385 e. The summed E-state index contributed by atoms with van der Waals surface area (Å²) in [4.78, 5) is 4.57. The van der Waals surface area contributed by atoms with E-state index in [2.05, 4.69) is 39.3 Å². The normalized spacial score (nSPS) is 14.2. The number of aromatic nitrogens is 2. The Balaban J connectivity index is 2.03. The molecule has 1 aromatic carbocycles. The summed E-state index contributed by atoms with van der Waals surface area (Å²) in [7, 11) is 2.03. The fraction of sp³-hybridized carbons (Fsp3) is 0.357. The minimum absolute atomic E-state index is 1.05. The zero-order chi connectivity index (χ0) is 11.8. The highest BCUT2D eigenvalue weighted by Gasteiger charge is 2.11. The molecule has 0 atom stereocenters. The van der Waals surface area contributed by atoms with E-state index in [-0.39, 0.29) is 0 Å². The van der Waals surface area contributed by atoms with Crippen LogP contribution in [0.4, 0.5) is 5.69 Å². The number of hydrogen-bond acceptors (Lipinski definition) is 2. The summed E-state index contributed by atoms with van der Waals surface area (Å²) in [6.45, 7) is 3.12. The first kappa shape index (κ1) is 10.4. The zero-order valence-electron chi connectivity index (χ0n) is 10.3. The van der Waals surface area contributed by atoms with Crippen LogP contribution in [0.1, 0.15) is 17.8 Å². The van der Waals surface area contributed by atoms with Crippen molar-refractivity contribution in [1.29, 1.82) is 0 Å². The molecule has 3 heteroatoms. The molecule has 3 rings (SSSR count). The first-order chi connectivity index (χ1) is 8.24. The molecule has 0 unspecified atom stereocenters. The Morgan fingerprint density at radius 1 is 1.35 bits per heavy atom. The average molecular weight is 227 g/mol. The van der Waals surface area contributed by atoms with Crippen molar-refractivity contribution in [2.75, 3.05) is 11.9 Å². The van der Waals surface area contributed by atoms with Crippen molar-refractivity contribution in [3.05, 3.63) is 35.8 Å². The van der Waals surface area contributed by atoms with Crippen LogP contribution in [0, 0.1) is 6.92 Å². The van der Waals surface area contributed by atoms with Gasteiger partial charge in [-0.3, -0.25) is 0 Å². The van der Waals surface area contributed by atoms with Gasteiger partial charge in [-0.1, -0.05) is 6.07 Å². The standard InChI is InChI=1S/C14H17N3/c1-10-16-14(9-17(10)2)12-5-6-13-11(8-12)4-3-7-15-13/h5-6,8-9,15H,3-4,7H2,1-2H3. The molecule has 0 spiro atoms. The van der Waals surface area contributed by atoms with Crippen molar-refractivity contribution < 1.29 is 0 Å². The van der Waals surface area contributed by atoms with Crippen LogP contribution in [-0.2, 0) is 13.5 Å². The second-order valence-corrected chi connectivity index (χ2v) is 4.69. The van der Waals surface area contributed by atoms with Crippen LogP contribution >= 0.6 is 0 Å². The second kappa shape index (κ2) is 3.91. The van der Waals surface area contributed by atoms with Crippen LogP contribution in [0.25, 0.3) is 11.3 Å². The molecule has 1 N–H and O–H groups in total. The summed E-state index contributed by atoms with van der Waals surface area (Å²) < 4.78 is 2.06. The Hall–Kier alpha value is -1.77. The van der Waals surface area contributed by atoms with Gasteiger partial charge >= 0.3 is 0 Å². The van der Waals surface area contributed by atoms with E-state index >= 15 is 0 Å². The predicted octanol–water partition coefficient (Wildman–Crippen LogP) is 2.75. The zero-order valence-corrected chi connectivity index (χ0v) is 10.3. The number of anilines is 1. The third-order valence-electron chi connectivity index (χ3n) is 3.45. The summed E-state index contributed by atoms with van der Waals surface area (Å²) >= 11 is 0. The van der Waals surface area contributed by atoms with E-state index in [0.717, 1.165) is 18.1 Å². The van der Waals surface area contributed by atoms with Crippen LogP contribution < -0.4 is 5.32 Å². The number of nitrogens with one attached hydrogen (secondary N) is 1. The predicted molar refractivity (Wildman–Crippen MR) is 70.2 cm³/mol. The Bertz CT molecular complexity index is 535. The van der Waals surface area contributed by atoms with Gasteiger partial charge in [-0.05, 0) is 37.5 Å². The van der Waals surface area contributed by atoms with E-state index in [4.69, 9.17) is 0 Å². The molecular weight excluding hydrogens is 210 g/mol. The quantitative estimate of drug-likeness (QED) is 0.811. The van der Waals surface area contributed by atoms with Crippen molar-refractivity contribution >= 4 is 5.69 Å². The number of nitrogens with zero attached hydrogens (tertiary/aromatic N) is 2. The number of rotatable bonds is 1. The first-order valence-electron chi connectivity index (χ1n) is 6.11. The third-order valence-corrected chi connectivity index (χ3v) is 3.45. The fourth-order valence-corrected chi connectivity index (χ4v) is 2.33. The Labute approximate surface area is 101 Å². The molecule has 0 amide bonds. The highest BCUT2D eigenvalue weighted by molar-refractivity contribution is 5.66. The van der Waals surface area contributed by atoms with Gasteiger partial charge in [0, 0.05) is 31.0 Å². The lowest BCUT2D eigenvalue weighted by atomic mass is 10.00. The van der Waals surface area contributed by atoms with E-state index in [0.29, 0.717) is 0 Å². The number of benzene rings is 1.